The van der Waals surface area contributed by atoms with Crippen molar-refractivity contribution >= 4 is 27.4 Å². The van der Waals surface area contributed by atoms with E-state index < -0.39 is 12.6 Å². The van der Waals surface area contributed by atoms with E-state index in [0.717, 1.165) is 67.6 Å². The zero-order valence-corrected chi connectivity index (χ0v) is 17.2. The van der Waals surface area contributed by atoms with Crippen LogP contribution in [0.2, 0.25) is 0 Å². The standard InChI is InChI=1S/C20H27F3N4S/c1-14(2)3-6-26-7-4-19(11-26)5-8-27(12-19)17-16-9-15(10-20(21,22)23)28-18(16)25-13-24-17/h9,13-14H,3-8,10-12H2,1-2H3/t19-/m1/s1. The van der Waals surface area contributed by atoms with Crippen molar-refractivity contribution in [2.24, 2.45) is 11.3 Å². The van der Waals surface area contributed by atoms with Gasteiger partial charge in [0.25, 0.3) is 0 Å². The third-order valence-corrected chi connectivity index (χ3v) is 7.06. The zero-order valence-electron chi connectivity index (χ0n) is 16.4. The molecule has 2 fully saturated rings. The minimum Gasteiger partial charge on any atom is -0.355 e. The first-order chi connectivity index (χ1) is 13.2. The van der Waals surface area contributed by atoms with Crippen LogP contribution in [0.15, 0.2) is 12.4 Å². The van der Waals surface area contributed by atoms with E-state index in [1.807, 2.05) is 0 Å². The molecule has 2 aliphatic heterocycles. The topological polar surface area (TPSA) is 32.3 Å². The lowest BCUT2D eigenvalue weighted by molar-refractivity contribution is -0.126. The number of thiophene rings is 1. The second-order valence-corrected chi connectivity index (χ2v) is 9.92. The molecule has 2 aromatic heterocycles. The third-order valence-electron chi connectivity index (χ3n) is 6.01. The highest BCUT2D eigenvalue weighted by Gasteiger charge is 2.44. The minimum atomic E-state index is -4.20. The molecular weight excluding hydrogens is 385 g/mol. The summed E-state index contributed by atoms with van der Waals surface area (Å²) in [5.41, 5.74) is 0.291. The predicted octanol–water partition coefficient (Wildman–Crippen LogP) is 4.74. The van der Waals surface area contributed by atoms with E-state index in [1.165, 1.54) is 19.2 Å². The van der Waals surface area contributed by atoms with Gasteiger partial charge in [-0.05, 0) is 44.3 Å². The van der Waals surface area contributed by atoms with Gasteiger partial charge in [0.1, 0.15) is 17.0 Å². The zero-order chi connectivity index (χ0) is 19.9. The van der Waals surface area contributed by atoms with Crippen molar-refractivity contribution in [3.05, 3.63) is 17.3 Å². The van der Waals surface area contributed by atoms with E-state index in [9.17, 15) is 13.2 Å². The van der Waals surface area contributed by atoms with Crippen LogP contribution in [0.25, 0.3) is 10.2 Å². The molecule has 2 saturated heterocycles. The van der Waals surface area contributed by atoms with Gasteiger partial charge in [0.2, 0.25) is 0 Å². The lowest BCUT2D eigenvalue weighted by Crippen LogP contribution is -2.31. The van der Waals surface area contributed by atoms with Gasteiger partial charge in [-0.3, -0.25) is 0 Å². The van der Waals surface area contributed by atoms with Gasteiger partial charge in [0.15, 0.2) is 0 Å². The Kier molecular flexibility index (Phi) is 5.29. The Labute approximate surface area is 167 Å². The summed E-state index contributed by atoms with van der Waals surface area (Å²) in [5, 5.41) is 0.762. The van der Waals surface area contributed by atoms with Gasteiger partial charge in [-0.2, -0.15) is 13.2 Å². The molecule has 2 aromatic rings. The van der Waals surface area contributed by atoms with Crippen LogP contribution in [0.4, 0.5) is 19.0 Å². The maximum absolute atomic E-state index is 12.8. The summed E-state index contributed by atoms with van der Waals surface area (Å²) in [6.45, 7) is 9.79. The Balaban J connectivity index is 1.49. The molecule has 2 aliphatic rings. The minimum absolute atomic E-state index is 0.291. The Hall–Kier alpha value is -1.41. The Morgan fingerprint density at radius 3 is 2.71 bits per heavy atom. The molecule has 4 rings (SSSR count). The maximum atomic E-state index is 12.8. The van der Waals surface area contributed by atoms with E-state index >= 15 is 0 Å². The quantitative estimate of drug-likeness (QED) is 0.710. The van der Waals surface area contributed by atoms with Crippen LogP contribution in [0, 0.1) is 11.3 Å². The fraction of sp³-hybridized carbons (Fsp3) is 0.700. The second-order valence-electron chi connectivity index (χ2n) is 8.80. The van der Waals surface area contributed by atoms with Gasteiger partial charge in [-0.25, -0.2) is 9.97 Å². The third kappa shape index (κ3) is 4.27. The molecule has 1 atom stereocenters. The number of aromatic nitrogens is 2. The van der Waals surface area contributed by atoms with E-state index in [-0.39, 0.29) is 0 Å². The van der Waals surface area contributed by atoms with Crippen LogP contribution in [0.3, 0.4) is 0 Å². The normalized spacial score (nSPS) is 23.7. The highest BCUT2D eigenvalue weighted by molar-refractivity contribution is 7.18. The van der Waals surface area contributed by atoms with E-state index in [0.29, 0.717) is 15.1 Å². The van der Waals surface area contributed by atoms with Gasteiger partial charge in [-0.1, -0.05) is 13.8 Å². The number of hydrogen-bond donors (Lipinski definition) is 0. The largest absolute Gasteiger partial charge is 0.393 e. The lowest BCUT2D eigenvalue weighted by Gasteiger charge is -2.25. The molecule has 4 heterocycles. The number of likely N-dealkylation sites (tertiary alicyclic amines) is 1. The number of fused-ring (bicyclic) bond motifs is 1. The Morgan fingerprint density at radius 2 is 1.96 bits per heavy atom. The molecule has 0 radical (unpaired) electrons. The molecule has 4 nitrogen and oxygen atoms in total. The van der Waals surface area contributed by atoms with Crippen LogP contribution in [0.1, 0.15) is 38.0 Å². The first-order valence-electron chi connectivity index (χ1n) is 10.0. The van der Waals surface area contributed by atoms with Crippen LogP contribution >= 0.6 is 11.3 Å². The molecule has 0 saturated carbocycles. The molecule has 0 bridgehead atoms. The summed E-state index contributed by atoms with van der Waals surface area (Å²) in [5.74, 6) is 1.52. The van der Waals surface area contributed by atoms with Gasteiger partial charge in [-0.15, -0.1) is 11.3 Å². The van der Waals surface area contributed by atoms with Crippen molar-refractivity contribution in [1.29, 1.82) is 0 Å². The average molecular weight is 413 g/mol. The molecule has 154 valence electrons. The van der Waals surface area contributed by atoms with E-state index in [4.69, 9.17) is 0 Å². The summed E-state index contributed by atoms with van der Waals surface area (Å²) in [4.78, 5) is 14.5. The van der Waals surface area contributed by atoms with Gasteiger partial charge < -0.3 is 9.80 Å². The fourth-order valence-corrected chi connectivity index (χ4v) is 5.56. The molecule has 0 unspecified atom stereocenters. The van der Waals surface area contributed by atoms with Crippen molar-refractivity contribution in [1.82, 2.24) is 14.9 Å². The maximum Gasteiger partial charge on any atom is 0.393 e. The number of anilines is 1. The SMILES string of the molecule is CC(C)CCN1CC[C@@]2(CCN(c3ncnc4sc(CC(F)(F)F)cc34)C2)C1. The summed E-state index contributed by atoms with van der Waals surface area (Å²) in [6.07, 6.45) is -0.0734. The summed E-state index contributed by atoms with van der Waals surface area (Å²) in [6, 6.07) is 1.64. The van der Waals surface area contributed by atoms with E-state index in [2.05, 4.69) is 33.6 Å². The fourth-order valence-electron chi connectivity index (χ4n) is 4.54. The number of rotatable bonds is 5. The Bertz CT molecular complexity index is 834. The first kappa shape index (κ1) is 19.9. The van der Waals surface area contributed by atoms with Crippen LogP contribution in [-0.2, 0) is 6.42 Å². The molecule has 0 aromatic carbocycles. The van der Waals surface area contributed by atoms with Gasteiger partial charge in [0, 0.05) is 29.9 Å². The number of halogens is 3. The highest BCUT2D eigenvalue weighted by atomic mass is 32.1. The number of hydrogen-bond acceptors (Lipinski definition) is 5. The lowest BCUT2D eigenvalue weighted by atomic mass is 9.86. The summed E-state index contributed by atoms with van der Waals surface area (Å²) < 4.78 is 38.3. The van der Waals surface area contributed by atoms with E-state index in [1.54, 1.807) is 6.07 Å². The molecule has 0 amide bonds. The Morgan fingerprint density at radius 1 is 1.18 bits per heavy atom. The number of nitrogens with zero attached hydrogens (tertiary/aromatic N) is 4. The smallest absolute Gasteiger partial charge is 0.355 e. The average Bonchev–Trinajstić information content (AvgIpc) is 3.30. The van der Waals surface area contributed by atoms with Crippen molar-refractivity contribution in [2.75, 3.05) is 37.6 Å². The molecule has 8 heteroatoms. The molecule has 0 N–H and O–H groups in total. The van der Waals surface area contributed by atoms with Crippen molar-refractivity contribution < 1.29 is 13.2 Å². The van der Waals surface area contributed by atoms with Crippen LogP contribution in [0.5, 0.6) is 0 Å². The van der Waals surface area contributed by atoms with Crippen molar-refractivity contribution in [3.8, 4) is 0 Å². The van der Waals surface area contributed by atoms with Gasteiger partial charge in [0.05, 0.1) is 11.8 Å². The second kappa shape index (κ2) is 7.44. The van der Waals surface area contributed by atoms with Gasteiger partial charge >= 0.3 is 6.18 Å². The van der Waals surface area contributed by atoms with Crippen molar-refractivity contribution in [2.45, 2.75) is 45.7 Å². The highest BCUT2D eigenvalue weighted by Crippen LogP contribution is 2.43. The summed E-state index contributed by atoms with van der Waals surface area (Å²) in [7, 11) is 0. The first-order valence-corrected chi connectivity index (χ1v) is 10.8. The molecule has 1 spiro atoms. The predicted molar refractivity (Wildman–Crippen MR) is 107 cm³/mol. The van der Waals surface area contributed by atoms with Crippen LogP contribution in [-0.4, -0.2) is 53.8 Å². The summed E-state index contributed by atoms with van der Waals surface area (Å²) >= 11 is 1.12. The number of alkyl halides is 3. The van der Waals surface area contributed by atoms with Crippen molar-refractivity contribution in [3.63, 3.8) is 0 Å². The molecular formula is C20H27F3N4S. The molecule has 0 aliphatic carbocycles. The monoisotopic (exact) mass is 412 g/mol. The van der Waals surface area contributed by atoms with Crippen LogP contribution < -0.4 is 4.90 Å². The molecule has 28 heavy (non-hydrogen) atoms.